The van der Waals surface area contributed by atoms with Crippen molar-refractivity contribution in [1.29, 1.82) is 0 Å². The molecule has 0 spiro atoms. The Labute approximate surface area is 207 Å². The van der Waals surface area contributed by atoms with E-state index in [0.29, 0.717) is 5.69 Å². The average molecular weight is 574 g/mol. The van der Waals surface area contributed by atoms with Crippen LogP contribution >= 0.6 is 22.6 Å². The van der Waals surface area contributed by atoms with Crippen molar-refractivity contribution in [2.75, 3.05) is 4.90 Å². The molecule has 0 saturated carbocycles. The molecule has 1 fully saturated rings. The number of hydrogen-bond acceptors (Lipinski definition) is 4. The quantitative estimate of drug-likeness (QED) is 0.323. The van der Waals surface area contributed by atoms with Crippen LogP contribution in [0.3, 0.4) is 0 Å². The molecule has 1 heterocycles. The van der Waals surface area contributed by atoms with E-state index in [1.54, 1.807) is 36.4 Å². The molecule has 3 aromatic carbocycles. The lowest BCUT2D eigenvalue weighted by Crippen LogP contribution is -2.45. The maximum absolute atomic E-state index is 13.7. The number of hydrogen-bond donors (Lipinski definition) is 0. The Kier molecular flexibility index (Phi) is 6.69. The fourth-order valence-electron chi connectivity index (χ4n) is 3.78. The number of halogens is 1. The molecular formula is C25H23IN2O4S. The molecule has 6 nitrogen and oxygen atoms in total. The van der Waals surface area contributed by atoms with E-state index >= 15 is 0 Å². The van der Waals surface area contributed by atoms with Gasteiger partial charge in [-0.15, -0.1) is 0 Å². The summed E-state index contributed by atoms with van der Waals surface area (Å²) in [5.74, 6) is -0.955. The zero-order valence-electron chi connectivity index (χ0n) is 18.2. The minimum Gasteiger partial charge on any atom is -0.274 e. The molecule has 8 heteroatoms. The molecule has 170 valence electrons. The van der Waals surface area contributed by atoms with Gasteiger partial charge in [0.25, 0.3) is 5.91 Å². The molecular weight excluding hydrogens is 551 g/mol. The molecule has 33 heavy (non-hydrogen) atoms. The Morgan fingerprint density at radius 3 is 2.00 bits per heavy atom. The van der Waals surface area contributed by atoms with Crippen molar-refractivity contribution in [3.63, 3.8) is 0 Å². The third-order valence-corrected chi connectivity index (χ3v) is 8.23. The predicted octanol–water partition coefficient (Wildman–Crippen LogP) is 4.43. The molecule has 1 saturated heterocycles. The molecule has 4 rings (SSSR count). The number of carbonyl (C=O) groups is 2. The third-order valence-electron chi connectivity index (χ3n) is 5.64. The number of imide groups is 1. The number of carbonyl (C=O) groups excluding carboxylic acids is 2. The largest absolute Gasteiger partial charge is 0.274 e. The van der Waals surface area contributed by atoms with Crippen molar-refractivity contribution in [3.05, 3.63) is 93.1 Å². The summed E-state index contributed by atoms with van der Waals surface area (Å²) in [7, 11) is -4.05. The number of aryl methyl sites for hydroxylation is 2. The lowest BCUT2D eigenvalue weighted by Gasteiger charge is -2.27. The number of anilines is 1. The summed E-state index contributed by atoms with van der Waals surface area (Å²) in [4.78, 5) is 27.5. The smallest absolute Gasteiger partial charge is 0.252 e. The lowest BCUT2D eigenvalue weighted by molar-refractivity contribution is -0.122. The van der Waals surface area contributed by atoms with Crippen LogP contribution in [0, 0.1) is 17.4 Å². The van der Waals surface area contributed by atoms with Crippen LogP contribution in [0.4, 0.5) is 5.69 Å². The van der Waals surface area contributed by atoms with Gasteiger partial charge in [-0.1, -0.05) is 47.5 Å². The Hall–Kier alpha value is -2.56. The topological polar surface area (TPSA) is 74.8 Å². The molecule has 2 amide bonds. The van der Waals surface area contributed by atoms with Gasteiger partial charge in [-0.05, 0) is 78.4 Å². The summed E-state index contributed by atoms with van der Waals surface area (Å²) in [5, 5.41) is 0. The van der Waals surface area contributed by atoms with Gasteiger partial charge in [0.15, 0.2) is 0 Å². The number of amides is 2. The Balaban J connectivity index is 1.74. The molecule has 0 aliphatic carbocycles. The lowest BCUT2D eigenvalue weighted by atomic mass is 10.1. The van der Waals surface area contributed by atoms with Crippen LogP contribution in [0.2, 0.25) is 0 Å². The first-order chi connectivity index (χ1) is 15.7. The van der Waals surface area contributed by atoms with E-state index in [9.17, 15) is 18.0 Å². The first-order valence-corrected chi connectivity index (χ1v) is 12.9. The number of benzene rings is 3. The minimum absolute atomic E-state index is 0.0132. The predicted molar refractivity (Wildman–Crippen MR) is 135 cm³/mol. The third kappa shape index (κ3) is 4.87. The summed E-state index contributed by atoms with van der Waals surface area (Å²) < 4.78 is 29.5. The Bertz CT molecular complexity index is 1290. The second-order valence-corrected chi connectivity index (χ2v) is 11.2. The van der Waals surface area contributed by atoms with Crippen molar-refractivity contribution in [1.82, 2.24) is 4.31 Å². The molecule has 1 unspecified atom stereocenters. The second kappa shape index (κ2) is 9.36. The Morgan fingerprint density at radius 2 is 1.42 bits per heavy atom. The van der Waals surface area contributed by atoms with Gasteiger partial charge < -0.3 is 0 Å². The van der Waals surface area contributed by atoms with Crippen LogP contribution in [0.25, 0.3) is 0 Å². The molecule has 0 radical (unpaired) electrons. The first kappa shape index (κ1) is 23.6. The van der Waals surface area contributed by atoms with Gasteiger partial charge in [0.05, 0.1) is 17.0 Å². The summed E-state index contributed by atoms with van der Waals surface area (Å²) >= 11 is 2.14. The van der Waals surface area contributed by atoms with Crippen LogP contribution in [0.15, 0.2) is 77.7 Å². The van der Waals surface area contributed by atoms with Crippen LogP contribution in [0.5, 0.6) is 0 Å². The van der Waals surface area contributed by atoms with Crippen LogP contribution in [0.1, 0.15) is 23.1 Å². The summed E-state index contributed by atoms with van der Waals surface area (Å²) in [6.45, 7) is 3.81. The number of nitrogens with zero attached hydrogens (tertiary/aromatic N) is 2. The van der Waals surface area contributed by atoms with E-state index in [1.807, 2.05) is 38.1 Å². The van der Waals surface area contributed by atoms with Crippen molar-refractivity contribution in [3.8, 4) is 0 Å². The molecule has 0 N–H and O–H groups in total. The summed E-state index contributed by atoms with van der Waals surface area (Å²) in [5.41, 5.74) is 3.15. The van der Waals surface area contributed by atoms with E-state index in [-0.39, 0.29) is 17.9 Å². The molecule has 0 bridgehead atoms. The molecule has 1 aliphatic heterocycles. The molecule has 3 aromatic rings. The highest BCUT2D eigenvalue weighted by molar-refractivity contribution is 14.1. The zero-order chi connectivity index (χ0) is 23.8. The average Bonchev–Trinajstić information content (AvgIpc) is 3.07. The van der Waals surface area contributed by atoms with E-state index in [1.165, 1.54) is 12.1 Å². The highest BCUT2D eigenvalue weighted by Gasteiger charge is 2.47. The second-order valence-electron chi connectivity index (χ2n) is 8.11. The van der Waals surface area contributed by atoms with E-state index < -0.39 is 27.9 Å². The van der Waals surface area contributed by atoms with Gasteiger partial charge >= 0.3 is 0 Å². The Morgan fingerprint density at radius 1 is 0.879 bits per heavy atom. The minimum atomic E-state index is -4.05. The fourth-order valence-corrected chi connectivity index (χ4v) is 5.71. The standard InChI is InChI=1S/C25H23IN2O4S/c1-17-3-7-19(8-4-17)16-27(33(31,32)22-13-5-18(2)6-14-22)23-15-24(29)28(25(23)30)21-11-9-20(26)10-12-21/h3-14,23H,15-16H2,1-2H3. The van der Waals surface area contributed by atoms with Crippen molar-refractivity contribution in [2.45, 2.75) is 37.8 Å². The maximum Gasteiger partial charge on any atom is 0.252 e. The highest BCUT2D eigenvalue weighted by atomic mass is 127. The van der Waals surface area contributed by atoms with Gasteiger partial charge in [0, 0.05) is 10.1 Å². The molecule has 1 aliphatic rings. The zero-order valence-corrected chi connectivity index (χ0v) is 21.2. The van der Waals surface area contributed by atoms with Gasteiger partial charge in [-0.3, -0.25) is 9.59 Å². The monoisotopic (exact) mass is 574 g/mol. The maximum atomic E-state index is 13.7. The van der Waals surface area contributed by atoms with Crippen molar-refractivity contribution < 1.29 is 18.0 Å². The van der Waals surface area contributed by atoms with Gasteiger partial charge in [-0.25, -0.2) is 13.3 Å². The van der Waals surface area contributed by atoms with Crippen LogP contribution < -0.4 is 4.90 Å². The van der Waals surface area contributed by atoms with E-state index in [4.69, 9.17) is 0 Å². The molecule has 0 aromatic heterocycles. The van der Waals surface area contributed by atoms with Gasteiger partial charge in [-0.2, -0.15) is 4.31 Å². The SMILES string of the molecule is Cc1ccc(CN(C2CC(=O)N(c3ccc(I)cc3)C2=O)S(=O)(=O)c2ccc(C)cc2)cc1. The number of rotatable bonds is 6. The van der Waals surface area contributed by atoms with Gasteiger partial charge in [0.1, 0.15) is 6.04 Å². The van der Waals surface area contributed by atoms with Crippen molar-refractivity contribution >= 4 is 50.1 Å². The van der Waals surface area contributed by atoms with Gasteiger partial charge in [0.2, 0.25) is 15.9 Å². The van der Waals surface area contributed by atoms with Crippen LogP contribution in [-0.4, -0.2) is 30.6 Å². The van der Waals surface area contributed by atoms with Crippen LogP contribution in [-0.2, 0) is 26.2 Å². The number of sulfonamides is 1. The highest BCUT2D eigenvalue weighted by Crippen LogP contribution is 2.31. The molecule has 1 atom stereocenters. The normalized spacial score (nSPS) is 16.6. The van der Waals surface area contributed by atoms with E-state index in [0.717, 1.165) is 29.5 Å². The van der Waals surface area contributed by atoms with Crippen molar-refractivity contribution in [2.24, 2.45) is 0 Å². The summed E-state index contributed by atoms with van der Waals surface area (Å²) in [6, 6.07) is 19.8. The fraction of sp³-hybridized carbons (Fsp3) is 0.200. The summed E-state index contributed by atoms with van der Waals surface area (Å²) in [6.07, 6.45) is -0.207. The van der Waals surface area contributed by atoms with E-state index in [2.05, 4.69) is 22.6 Å². The first-order valence-electron chi connectivity index (χ1n) is 10.4.